The number of morpholine rings is 1. The predicted octanol–water partition coefficient (Wildman–Crippen LogP) is 2.97. The van der Waals surface area contributed by atoms with E-state index in [1.165, 1.54) is 16.4 Å². The first kappa shape index (κ1) is 20.5. The number of hydrogen-bond donors (Lipinski definition) is 1. The van der Waals surface area contributed by atoms with Crippen LogP contribution in [0.1, 0.15) is 25.0 Å². The van der Waals surface area contributed by atoms with Crippen molar-refractivity contribution in [3.8, 4) is 0 Å². The van der Waals surface area contributed by atoms with Gasteiger partial charge in [0.05, 0.1) is 23.5 Å². The molecule has 0 bridgehead atoms. The third-order valence-electron chi connectivity index (χ3n) is 4.65. The normalized spacial score (nSPS) is 20.7. The standard InChI is InChI=1S/C21H26N2O4S/c1-15-4-6-18(7-5-15)12-21(24)22-19-8-10-20(11-9-19)28(25,26)23-13-16(2)27-17(3)14-23/h4-11,16-17H,12-14H2,1-3H3,(H,22,24). The average molecular weight is 403 g/mol. The summed E-state index contributed by atoms with van der Waals surface area (Å²) in [6.07, 6.45) is -0.0121. The minimum Gasteiger partial charge on any atom is -0.373 e. The van der Waals surface area contributed by atoms with E-state index < -0.39 is 10.0 Å². The second-order valence-electron chi connectivity index (χ2n) is 7.31. The lowest BCUT2D eigenvalue weighted by atomic mass is 10.1. The van der Waals surface area contributed by atoms with E-state index in [0.29, 0.717) is 18.8 Å². The van der Waals surface area contributed by atoms with Gasteiger partial charge in [0.15, 0.2) is 0 Å². The van der Waals surface area contributed by atoms with Crippen LogP contribution in [0.25, 0.3) is 0 Å². The number of amides is 1. The second-order valence-corrected chi connectivity index (χ2v) is 9.25. The van der Waals surface area contributed by atoms with Crippen LogP contribution in [0.3, 0.4) is 0 Å². The van der Waals surface area contributed by atoms with Crippen molar-refractivity contribution >= 4 is 21.6 Å². The van der Waals surface area contributed by atoms with Gasteiger partial charge in [0.25, 0.3) is 0 Å². The number of anilines is 1. The van der Waals surface area contributed by atoms with Crippen molar-refractivity contribution < 1.29 is 17.9 Å². The zero-order valence-corrected chi connectivity index (χ0v) is 17.2. The summed E-state index contributed by atoms with van der Waals surface area (Å²) in [5.74, 6) is -0.143. The summed E-state index contributed by atoms with van der Waals surface area (Å²) in [5, 5.41) is 2.81. The molecule has 2 atom stereocenters. The summed E-state index contributed by atoms with van der Waals surface area (Å²) < 4.78 is 32.8. The molecule has 1 amide bonds. The summed E-state index contributed by atoms with van der Waals surface area (Å²) in [7, 11) is -3.59. The highest BCUT2D eigenvalue weighted by Gasteiger charge is 2.32. The Hall–Kier alpha value is -2.22. The van der Waals surface area contributed by atoms with Crippen LogP contribution in [0, 0.1) is 6.92 Å². The summed E-state index contributed by atoms with van der Waals surface area (Å²) in [5.41, 5.74) is 2.64. The molecule has 1 N–H and O–H groups in total. The molecule has 2 aromatic carbocycles. The van der Waals surface area contributed by atoms with Gasteiger partial charge in [-0.05, 0) is 50.6 Å². The van der Waals surface area contributed by atoms with Gasteiger partial charge < -0.3 is 10.1 Å². The molecule has 2 aromatic rings. The number of carbonyl (C=O) groups excluding carboxylic acids is 1. The number of aryl methyl sites for hydroxylation is 1. The Bertz CT molecular complexity index is 914. The van der Waals surface area contributed by atoms with Gasteiger partial charge in [0.2, 0.25) is 15.9 Å². The molecular weight excluding hydrogens is 376 g/mol. The highest BCUT2D eigenvalue weighted by Crippen LogP contribution is 2.22. The van der Waals surface area contributed by atoms with E-state index in [-0.39, 0.29) is 29.4 Å². The Kier molecular flexibility index (Phi) is 6.17. The van der Waals surface area contributed by atoms with E-state index in [9.17, 15) is 13.2 Å². The number of hydrogen-bond acceptors (Lipinski definition) is 4. The number of ether oxygens (including phenoxy) is 1. The topological polar surface area (TPSA) is 75.7 Å². The first-order valence-corrected chi connectivity index (χ1v) is 10.8. The van der Waals surface area contributed by atoms with Crippen molar-refractivity contribution in [2.45, 2.75) is 44.3 Å². The van der Waals surface area contributed by atoms with E-state index in [0.717, 1.165) is 11.1 Å². The molecule has 0 aromatic heterocycles. The molecule has 1 aliphatic rings. The van der Waals surface area contributed by atoms with Crippen LogP contribution in [0.4, 0.5) is 5.69 Å². The minimum atomic E-state index is -3.59. The van der Waals surface area contributed by atoms with Crippen molar-refractivity contribution in [1.82, 2.24) is 4.31 Å². The maximum Gasteiger partial charge on any atom is 0.243 e. The molecule has 3 rings (SSSR count). The Morgan fingerprint density at radius 2 is 1.61 bits per heavy atom. The van der Waals surface area contributed by atoms with Crippen molar-refractivity contribution in [1.29, 1.82) is 0 Å². The van der Waals surface area contributed by atoms with Crippen LogP contribution < -0.4 is 5.32 Å². The number of carbonyl (C=O) groups is 1. The molecule has 1 aliphatic heterocycles. The van der Waals surface area contributed by atoms with Crippen LogP contribution in [0.5, 0.6) is 0 Å². The smallest absolute Gasteiger partial charge is 0.243 e. The lowest BCUT2D eigenvalue weighted by molar-refractivity contribution is -0.115. The highest BCUT2D eigenvalue weighted by atomic mass is 32.2. The van der Waals surface area contributed by atoms with Gasteiger partial charge in [-0.3, -0.25) is 4.79 Å². The number of rotatable bonds is 5. The summed E-state index contributed by atoms with van der Waals surface area (Å²) in [4.78, 5) is 12.4. The van der Waals surface area contributed by atoms with Crippen molar-refractivity contribution in [2.24, 2.45) is 0 Å². The largest absolute Gasteiger partial charge is 0.373 e. The predicted molar refractivity (Wildman–Crippen MR) is 109 cm³/mol. The van der Waals surface area contributed by atoms with E-state index >= 15 is 0 Å². The fraction of sp³-hybridized carbons (Fsp3) is 0.381. The van der Waals surface area contributed by atoms with Crippen LogP contribution in [0.15, 0.2) is 53.4 Å². The van der Waals surface area contributed by atoms with Crippen LogP contribution in [0.2, 0.25) is 0 Å². The molecule has 28 heavy (non-hydrogen) atoms. The lowest BCUT2D eigenvalue weighted by Gasteiger charge is -2.34. The quantitative estimate of drug-likeness (QED) is 0.834. The number of sulfonamides is 1. The maximum absolute atomic E-state index is 12.9. The van der Waals surface area contributed by atoms with E-state index in [4.69, 9.17) is 4.74 Å². The lowest BCUT2D eigenvalue weighted by Crippen LogP contribution is -2.48. The number of benzene rings is 2. The van der Waals surface area contributed by atoms with Gasteiger partial charge in [-0.15, -0.1) is 0 Å². The summed E-state index contributed by atoms with van der Waals surface area (Å²) in [6.45, 7) is 6.40. The SMILES string of the molecule is Cc1ccc(CC(=O)Nc2ccc(S(=O)(=O)N3CC(C)OC(C)C3)cc2)cc1. The summed E-state index contributed by atoms with van der Waals surface area (Å²) in [6, 6.07) is 14.1. The Balaban J connectivity index is 1.65. The molecule has 6 nitrogen and oxygen atoms in total. The van der Waals surface area contributed by atoms with Crippen molar-refractivity contribution in [2.75, 3.05) is 18.4 Å². The molecule has 0 radical (unpaired) electrons. The van der Waals surface area contributed by atoms with Gasteiger partial charge in [-0.2, -0.15) is 4.31 Å². The minimum absolute atomic E-state index is 0.140. The maximum atomic E-state index is 12.9. The first-order valence-electron chi connectivity index (χ1n) is 9.35. The Morgan fingerprint density at radius 1 is 1.04 bits per heavy atom. The molecule has 1 fully saturated rings. The van der Waals surface area contributed by atoms with E-state index in [1.807, 2.05) is 45.0 Å². The van der Waals surface area contributed by atoms with Gasteiger partial charge in [0, 0.05) is 18.8 Å². The molecule has 7 heteroatoms. The van der Waals surface area contributed by atoms with E-state index in [2.05, 4.69) is 5.32 Å². The first-order chi connectivity index (χ1) is 13.2. The van der Waals surface area contributed by atoms with Crippen molar-refractivity contribution in [3.05, 3.63) is 59.7 Å². The Labute approximate surface area is 166 Å². The zero-order chi connectivity index (χ0) is 20.3. The third kappa shape index (κ3) is 4.98. The highest BCUT2D eigenvalue weighted by molar-refractivity contribution is 7.89. The van der Waals surface area contributed by atoms with E-state index in [1.54, 1.807) is 12.1 Å². The molecule has 1 heterocycles. The molecule has 1 saturated heterocycles. The van der Waals surface area contributed by atoms with Crippen LogP contribution in [-0.2, 0) is 26.0 Å². The molecule has 0 saturated carbocycles. The fourth-order valence-electron chi connectivity index (χ4n) is 3.28. The van der Waals surface area contributed by atoms with Gasteiger partial charge in [-0.1, -0.05) is 29.8 Å². The Morgan fingerprint density at radius 3 is 2.18 bits per heavy atom. The molecule has 0 aliphatic carbocycles. The van der Waals surface area contributed by atoms with Crippen LogP contribution in [-0.4, -0.2) is 43.9 Å². The summed E-state index contributed by atoms with van der Waals surface area (Å²) >= 11 is 0. The van der Waals surface area contributed by atoms with Gasteiger partial charge in [0.1, 0.15) is 0 Å². The molecular formula is C21H26N2O4S. The average Bonchev–Trinajstić information content (AvgIpc) is 2.63. The zero-order valence-electron chi connectivity index (χ0n) is 16.4. The third-order valence-corrected chi connectivity index (χ3v) is 6.49. The molecule has 2 unspecified atom stereocenters. The monoisotopic (exact) mass is 402 g/mol. The van der Waals surface area contributed by atoms with Crippen LogP contribution >= 0.6 is 0 Å². The van der Waals surface area contributed by atoms with Gasteiger partial charge in [-0.25, -0.2) is 8.42 Å². The number of nitrogens with one attached hydrogen (secondary N) is 1. The number of nitrogens with zero attached hydrogens (tertiary/aromatic N) is 1. The fourth-order valence-corrected chi connectivity index (χ4v) is 4.87. The van der Waals surface area contributed by atoms with Crippen molar-refractivity contribution in [3.63, 3.8) is 0 Å². The molecule has 0 spiro atoms. The molecule has 150 valence electrons. The second kappa shape index (κ2) is 8.43. The van der Waals surface area contributed by atoms with Gasteiger partial charge >= 0.3 is 0 Å².